The third-order valence-electron chi connectivity index (χ3n) is 16.4. The van der Waals surface area contributed by atoms with Gasteiger partial charge in [-0.05, 0) is 92.7 Å². The predicted molar refractivity (Wildman–Crippen MR) is 330 cm³/mol. The number of hydrogen-bond acceptors (Lipinski definition) is 14. The molecule has 0 radical (unpaired) electrons. The molecule has 9 amide bonds. The number of aromatic amines is 1. The second-order valence-electron chi connectivity index (χ2n) is 24.0. The van der Waals surface area contributed by atoms with Gasteiger partial charge in [0.25, 0.3) is 0 Å². The van der Waals surface area contributed by atoms with Crippen molar-refractivity contribution in [1.29, 1.82) is 0 Å². The average Bonchev–Trinajstić information content (AvgIpc) is 2.09. The number of carbonyl (C=O) groups is 10. The Labute approximate surface area is 519 Å². The summed E-state index contributed by atoms with van der Waals surface area (Å²) in [5.74, 6) is -8.38. The summed E-state index contributed by atoms with van der Waals surface area (Å²) in [7, 11) is 0. The maximum absolute atomic E-state index is 14.7. The number of nitrogens with one attached hydrogen (secondary N) is 7. The number of carbonyl (C=O) groups excluding carboxylic acids is 9. The highest BCUT2D eigenvalue weighted by Crippen LogP contribution is 2.26. The van der Waals surface area contributed by atoms with Gasteiger partial charge >= 0.3 is 5.97 Å². The monoisotopic (exact) mass is 1240 g/mol. The van der Waals surface area contributed by atoms with Crippen molar-refractivity contribution in [3.8, 4) is 11.1 Å². The molecule has 0 aliphatic carbocycles. The van der Waals surface area contributed by atoms with Crippen molar-refractivity contribution in [3.05, 3.63) is 78.4 Å². The molecule has 3 saturated heterocycles. The third-order valence-corrected chi connectivity index (χ3v) is 16.4. The lowest BCUT2D eigenvalue weighted by Crippen LogP contribution is -2.61. The number of nitrogens with two attached hydrogens (primary N) is 3. The molecule has 89 heavy (non-hydrogen) atoms. The fourth-order valence-electron chi connectivity index (χ4n) is 11.5. The fourth-order valence-corrected chi connectivity index (χ4v) is 11.5. The van der Waals surface area contributed by atoms with Crippen LogP contribution >= 0.6 is 0 Å². The highest BCUT2D eigenvalue weighted by Gasteiger charge is 2.44. The van der Waals surface area contributed by atoms with E-state index in [0.29, 0.717) is 49.9 Å². The average molecular weight is 1240 g/mol. The molecule has 3 aliphatic heterocycles. The topological polar surface area (TPSA) is 412 Å². The van der Waals surface area contributed by atoms with Gasteiger partial charge in [-0.15, -0.1) is 0 Å². The van der Waals surface area contributed by atoms with E-state index >= 15 is 0 Å². The number of H-pyrrole nitrogens is 1. The van der Waals surface area contributed by atoms with Crippen LogP contribution in [0.5, 0.6) is 0 Å². The zero-order chi connectivity index (χ0) is 64.9. The van der Waals surface area contributed by atoms with Gasteiger partial charge in [0.2, 0.25) is 53.2 Å². The Bertz CT molecular complexity index is 2920. The lowest BCUT2D eigenvalue weighted by Gasteiger charge is -2.33. The molecule has 4 heterocycles. The van der Waals surface area contributed by atoms with Crippen molar-refractivity contribution in [2.75, 3.05) is 32.8 Å². The first-order valence-electron chi connectivity index (χ1n) is 31.0. The number of aliphatic hydroxyl groups excluding tert-OH is 1. The number of benzene rings is 2. The van der Waals surface area contributed by atoms with E-state index in [2.05, 4.69) is 46.9 Å². The number of rotatable bonds is 32. The van der Waals surface area contributed by atoms with Crippen LogP contribution in [-0.4, -0.2) is 193 Å². The van der Waals surface area contributed by atoms with Crippen LogP contribution in [0, 0.1) is 11.8 Å². The number of likely N-dealkylation sites (tertiary alicyclic amines) is 3. The van der Waals surface area contributed by atoms with Crippen molar-refractivity contribution in [3.63, 3.8) is 0 Å². The SMILES string of the molecule is CCCC[C@H](N)C(=O)N1CCC[C@H]1C(=O)N[C@@H](CC(C)C)C(=O)N[C@@H](Cc1cnc[nH]1)C(=O)N[C@@H](CO)C(=O)N[C@@H](CCCN=C(N)N)C(=O)N[C@H](C(=O)N1CCC[C@H]1C(=O)N[C@@H](Cc1ccc(-c2ccccc2)cc1)C(=O)N1CCC[C@H]1C(=O)O)C(C)C. The number of imidazole rings is 1. The maximum atomic E-state index is 14.7. The first-order valence-corrected chi connectivity index (χ1v) is 31.0. The van der Waals surface area contributed by atoms with Crippen LogP contribution in [0.3, 0.4) is 0 Å². The van der Waals surface area contributed by atoms with E-state index in [4.69, 9.17) is 17.2 Å². The van der Waals surface area contributed by atoms with Crippen LogP contribution in [-0.2, 0) is 60.8 Å². The van der Waals surface area contributed by atoms with Crippen molar-refractivity contribution in [1.82, 2.24) is 56.6 Å². The Morgan fingerprint density at radius 3 is 1.73 bits per heavy atom. The van der Waals surface area contributed by atoms with E-state index in [1.165, 1.54) is 27.2 Å². The second-order valence-corrected chi connectivity index (χ2v) is 24.0. The molecule has 1 aromatic heterocycles. The van der Waals surface area contributed by atoms with Gasteiger partial charge in [-0.25, -0.2) is 9.78 Å². The van der Waals surface area contributed by atoms with E-state index < -0.39 is 126 Å². The minimum Gasteiger partial charge on any atom is -0.480 e. The number of nitrogens with zero attached hydrogens (tertiary/aromatic N) is 5. The number of unbranched alkanes of at least 4 members (excludes halogenated alkanes) is 1. The highest BCUT2D eigenvalue weighted by molar-refractivity contribution is 5.99. The first-order chi connectivity index (χ1) is 42.5. The summed E-state index contributed by atoms with van der Waals surface area (Å²) >= 11 is 0. The van der Waals surface area contributed by atoms with Crippen LogP contribution < -0.4 is 49.1 Å². The minimum atomic E-state index is -1.71. The van der Waals surface area contributed by atoms with Crippen LogP contribution in [0.1, 0.15) is 123 Å². The lowest BCUT2D eigenvalue weighted by atomic mass is 9.99. The Hall–Kier alpha value is -8.46. The molecule has 15 N–H and O–H groups in total. The molecule has 0 saturated carbocycles. The van der Waals surface area contributed by atoms with Crippen LogP contribution in [0.2, 0.25) is 0 Å². The van der Waals surface area contributed by atoms with Gasteiger partial charge in [0.15, 0.2) is 5.96 Å². The molecule has 3 aromatic rings. The fraction of sp³-hybridized carbons (Fsp3) is 0.581. The summed E-state index contributed by atoms with van der Waals surface area (Å²) in [4.78, 5) is 155. The van der Waals surface area contributed by atoms with E-state index in [-0.39, 0.29) is 82.4 Å². The number of amides is 9. The molecule has 10 atom stereocenters. The van der Waals surface area contributed by atoms with E-state index in [1.807, 2.05) is 75.4 Å². The van der Waals surface area contributed by atoms with Gasteiger partial charge in [-0.2, -0.15) is 0 Å². The third kappa shape index (κ3) is 19.8. The van der Waals surface area contributed by atoms with Crippen LogP contribution in [0.4, 0.5) is 0 Å². The van der Waals surface area contributed by atoms with Gasteiger partial charge in [-0.3, -0.25) is 48.1 Å². The molecule has 3 fully saturated rings. The lowest BCUT2D eigenvalue weighted by molar-refractivity contribution is -0.150. The second kappa shape index (κ2) is 33.8. The van der Waals surface area contributed by atoms with Gasteiger partial charge in [0, 0.05) is 50.9 Å². The van der Waals surface area contributed by atoms with Crippen molar-refractivity contribution >= 4 is 65.1 Å². The number of guanidine groups is 1. The molecular weight excluding hydrogens is 1150 g/mol. The quantitative estimate of drug-likeness (QED) is 0.0224. The smallest absolute Gasteiger partial charge is 0.326 e. The zero-order valence-electron chi connectivity index (χ0n) is 51.7. The van der Waals surface area contributed by atoms with Crippen molar-refractivity contribution in [2.45, 2.75) is 185 Å². The normalized spacial score (nSPS) is 18.8. The first kappa shape index (κ1) is 69.6. The maximum Gasteiger partial charge on any atom is 0.326 e. The number of aromatic nitrogens is 2. The van der Waals surface area contributed by atoms with Crippen LogP contribution in [0.15, 0.2) is 72.1 Å². The molecule has 2 aromatic carbocycles. The predicted octanol–water partition coefficient (Wildman–Crippen LogP) is 0.0938. The number of aliphatic hydroxyl groups is 1. The van der Waals surface area contributed by atoms with Gasteiger partial charge in [-0.1, -0.05) is 102 Å². The Morgan fingerprint density at radius 2 is 1.17 bits per heavy atom. The zero-order valence-corrected chi connectivity index (χ0v) is 51.7. The van der Waals surface area contributed by atoms with Crippen molar-refractivity contribution < 1.29 is 58.2 Å². The number of carboxylic acid groups (broad SMARTS) is 1. The highest BCUT2D eigenvalue weighted by atomic mass is 16.4. The van der Waals surface area contributed by atoms with E-state index in [0.717, 1.165) is 24.0 Å². The molecule has 486 valence electrons. The Kier molecular flexibility index (Phi) is 26.4. The molecule has 0 unspecified atom stereocenters. The molecular formula is C62H91N15O12. The van der Waals surface area contributed by atoms with E-state index in [9.17, 15) is 58.2 Å². The molecule has 0 spiro atoms. The Morgan fingerprint density at radius 1 is 0.629 bits per heavy atom. The Balaban J connectivity index is 1.16. The largest absolute Gasteiger partial charge is 0.480 e. The molecule has 6 rings (SSSR count). The van der Waals surface area contributed by atoms with E-state index in [1.54, 1.807) is 13.8 Å². The molecule has 3 aliphatic rings. The standard InChI is InChI=1S/C62H91N15O12/c1-6-7-17-42(63)58(85)75-27-12-19-48(75)56(83)71-44(30-36(2)3)53(80)70-45(32-41-33-66-35-68-41)54(81)73-47(34-78)55(82)69-43(18-11-26-67-62(64)65)52(79)74-51(37(4)5)60(87)76-28-13-20-49(76)57(84)72-46(59(86)77-29-14-21-50(77)61(88)89)31-38-22-24-40(25-23-38)39-15-9-8-10-16-39/h8-10,15-16,22-25,33,35-37,42-51,78H,6-7,11-14,17-21,26-32,34,63H2,1-5H3,(H,66,68)(H,69,82)(H,70,80)(H,71,83)(H,72,84)(H,73,81)(H,74,79)(H,88,89)(H4,64,65,67)/t42-,43-,44-,45-,46-,47-,48-,49-,50-,51-/m0/s1. The van der Waals surface area contributed by atoms with Gasteiger partial charge in [0.05, 0.1) is 19.0 Å². The number of aliphatic imine (C=N–C) groups is 1. The molecule has 27 nitrogen and oxygen atoms in total. The van der Waals surface area contributed by atoms with Gasteiger partial charge in [0.1, 0.15) is 54.4 Å². The summed E-state index contributed by atoms with van der Waals surface area (Å²) in [5.41, 5.74) is 20.4. The van der Waals surface area contributed by atoms with Crippen molar-refractivity contribution in [2.24, 2.45) is 34.0 Å². The summed E-state index contributed by atoms with van der Waals surface area (Å²) < 4.78 is 0. The molecule has 0 bridgehead atoms. The summed E-state index contributed by atoms with van der Waals surface area (Å²) in [6, 6.07) is 5.11. The van der Waals surface area contributed by atoms with Crippen LogP contribution in [0.25, 0.3) is 11.1 Å². The number of carboxylic acids is 1. The summed E-state index contributed by atoms with van der Waals surface area (Å²) in [5, 5.41) is 36.9. The summed E-state index contributed by atoms with van der Waals surface area (Å²) in [6.45, 7) is 8.70. The number of hydrogen-bond donors (Lipinski definition) is 12. The summed E-state index contributed by atoms with van der Waals surface area (Å²) in [6.07, 6.45) is 7.04. The minimum absolute atomic E-state index is 0.0218. The molecule has 27 heteroatoms. The number of aliphatic carboxylic acids is 1. The van der Waals surface area contributed by atoms with Gasteiger partial charge < -0.3 is 79.0 Å².